The third kappa shape index (κ3) is 3.15. The van der Waals surface area contributed by atoms with Crippen molar-refractivity contribution >= 4 is 11.8 Å². The Morgan fingerprint density at radius 1 is 0.917 bits per heavy atom. The maximum atomic E-state index is 13.0. The molecule has 5 aliphatic carbocycles. The van der Waals surface area contributed by atoms with Crippen LogP contribution in [0, 0.1) is 50.2 Å². The minimum absolute atomic E-state index is 0.0449. The molecule has 4 heteroatoms. The third-order valence-electron chi connectivity index (χ3n) is 13.5. The first kappa shape index (κ1) is 26.4. The summed E-state index contributed by atoms with van der Waals surface area (Å²) in [5, 5.41) is 0. The standard InChI is InChI=1S/C32H50O4/c1-27(2)23-10-13-32(7)25(30(23,5)12-11-24(27)33)22(35-8)18-20-21-19-29(4,26(34)36-9)15-14-28(21,3)16-17-31(20,32)6/h18,21-23,25H,10-17,19H2,1-9H3/t21-,22+,23-,25+,28+,29-,30-,31+,32+/m0/s1. The molecule has 0 N–H and O–H groups in total. The van der Waals surface area contributed by atoms with E-state index in [0.717, 1.165) is 38.5 Å². The molecule has 0 radical (unpaired) electrons. The summed E-state index contributed by atoms with van der Waals surface area (Å²) in [7, 11) is 3.42. The van der Waals surface area contributed by atoms with Crippen LogP contribution in [0.2, 0.25) is 0 Å². The molecule has 9 atom stereocenters. The van der Waals surface area contributed by atoms with Crippen LogP contribution in [-0.4, -0.2) is 32.1 Å². The topological polar surface area (TPSA) is 52.6 Å². The number of ketones is 1. The van der Waals surface area contributed by atoms with E-state index in [1.54, 1.807) is 5.57 Å². The number of fused-ring (bicyclic) bond motifs is 7. The minimum atomic E-state index is -0.421. The van der Waals surface area contributed by atoms with Gasteiger partial charge in [-0.1, -0.05) is 53.2 Å². The van der Waals surface area contributed by atoms with Gasteiger partial charge >= 0.3 is 5.97 Å². The SMILES string of the molecule is COC(=O)[C@@]1(C)CC[C@]2(C)CC[C@]3(C)C(=C[C@@H](OC)[C@@H]4[C@@]5(C)CCC(=O)C(C)(C)[C@@H]5CC[C@]43C)[C@@H]2C1. The summed E-state index contributed by atoms with van der Waals surface area (Å²) in [6.07, 6.45) is 11.8. The van der Waals surface area contributed by atoms with Crippen molar-refractivity contribution in [2.75, 3.05) is 14.2 Å². The van der Waals surface area contributed by atoms with E-state index in [-0.39, 0.29) is 39.1 Å². The molecule has 0 spiro atoms. The molecule has 5 rings (SSSR count). The average molecular weight is 499 g/mol. The van der Waals surface area contributed by atoms with Gasteiger partial charge in [-0.15, -0.1) is 0 Å². The van der Waals surface area contributed by atoms with Gasteiger partial charge in [-0.3, -0.25) is 9.59 Å². The molecule has 4 saturated carbocycles. The van der Waals surface area contributed by atoms with Crippen molar-refractivity contribution in [3.63, 3.8) is 0 Å². The molecule has 0 saturated heterocycles. The summed E-state index contributed by atoms with van der Waals surface area (Å²) in [5.74, 6) is 1.54. The Balaban J connectivity index is 1.63. The van der Waals surface area contributed by atoms with Crippen LogP contribution in [0.1, 0.15) is 106 Å². The van der Waals surface area contributed by atoms with Gasteiger partial charge in [0.1, 0.15) is 5.78 Å². The van der Waals surface area contributed by atoms with Crippen molar-refractivity contribution in [1.29, 1.82) is 0 Å². The van der Waals surface area contributed by atoms with E-state index in [1.807, 2.05) is 7.11 Å². The van der Waals surface area contributed by atoms with Crippen molar-refractivity contribution in [2.45, 2.75) is 112 Å². The molecule has 0 aromatic rings. The van der Waals surface area contributed by atoms with Crippen LogP contribution in [0.25, 0.3) is 0 Å². The number of ether oxygens (including phenoxy) is 2. The summed E-state index contributed by atoms with van der Waals surface area (Å²) >= 11 is 0. The summed E-state index contributed by atoms with van der Waals surface area (Å²) < 4.78 is 11.7. The van der Waals surface area contributed by atoms with Crippen molar-refractivity contribution in [2.24, 2.45) is 50.2 Å². The molecule has 0 unspecified atom stereocenters. The number of Topliss-reactive ketones (excluding diaryl/α,β-unsaturated/α-hetero) is 1. The Bertz CT molecular complexity index is 996. The molecule has 0 aliphatic heterocycles. The van der Waals surface area contributed by atoms with E-state index in [2.05, 4.69) is 54.5 Å². The predicted molar refractivity (Wildman–Crippen MR) is 142 cm³/mol. The lowest BCUT2D eigenvalue weighted by atomic mass is 9.33. The van der Waals surface area contributed by atoms with E-state index < -0.39 is 5.41 Å². The Morgan fingerprint density at radius 2 is 1.58 bits per heavy atom. The van der Waals surface area contributed by atoms with Crippen molar-refractivity contribution in [1.82, 2.24) is 0 Å². The van der Waals surface area contributed by atoms with Gasteiger partial charge in [-0.25, -0.2) is 0 Å². The summed E-state index contributed by atoms with van der Waals surface area (Å²) in [6, 6.07) is 0. The van der Waals surface area contributed by atoms with Crippen LogP contribution in [0.3, 0.4) is 0 Å². The van der Waals surface area contributed by atoms with Gasteiger partial charge in [-0.05, 0) is 91.8 Å². The molecule has 0 aromatic carbocycles. The highest BCUT2D eigenvalue weighted by Crippen LogP contribution is 2.75. The zero-order valence-corrected chi connectivity index (χ0v) is 24.4. The quantitative estimate of drug-likeness (QED) is 0.299. The number of hydrogen-bond acceptors (Lipinski definition) is 4. The fraction of sp³-hybridized carbons (Fsp3) is 0.875. The normalized spacial score (nSPS) is 51.7. The van der Waals surface area contributed by atoms with Gasteiger partial charge in [0.25, 0.3) is 0 Å². The first-order chi connectivity index (χ1) is 16.6. The summed E-state index contributed by atoms with van der Waals surface area (Å²) in [5.41, 5.74) is 1.34. The molecular weight excluding hydrogens is 448 g/mol. The molecule has 202 valence electrons. The van der Waals surface area contributed by atoms with Gasteiger partial charge in [0.05, 0.1) is 18.6 Å². The summed E-state index contributed by atoms with van der Waals surface area (Å²) in [6.45, 7) is 16.6. The van der Waals surface area contributed by atoms with Crippen LogP contribution in [0.15, 0.2) is 11.6 Å². The minimum Gasteiger partial charge on any atom is -0.469 e. The molecule has 36 heavy (non-hydrogen) atoms. The smallest absolute Gasteiger partial charge is 0.311 e. The monoisotopic (exact) mass is 498 g/mol. The zero-order chi connectivity index (χ0) is 26.5. The van der Waals surface area contributed by atoms with E-state index in [1.165, 1.54) is 20.0 Å². The second-order valence-electron chi connectivity index (χ2n) is 15.3. The first-order valence-corrected chi connectivity index (χ1v) is 14.5. The number of carbonyl (C=O) groups is 2. The number of hydrogen-bond donors (Lipinski definition) is 0. The van der Waals surface area contributed by atoms with Crippen LogP contribution in [0.5, 0.6) is 0 Å². The molecule has 4 nitrogen and oxygen atoms in total. The summed E-state index contributed by atoms with van der Waals surface area (Å²) in [4.78, 5) is 26.0. The molecule has 5 aliphatic rings. The maximum Gasteiger partial charge on any atom is 0.311 e. The number of allylic oxidation sites excluding steroid dienone is 1. The number of rotatable bonds is 2. The van der Waals surface area contributed by atoms with E-state index in [0.29, 0.717) is 30.0 Å². The van der Waals surface area contributed by atoms with Crippen LogP contribution in [0.4, 0.5) is 0 Å². The first-order valence-electron chi connectivity index (χ1n) is 14.5. The fourth-order valence-electron chi connectivity index (χ4n) is 10.9. The molecule has 0 bridgehead atoms. The highest BCUT2D eigenvalue weighted by molar-refractivity contribution is 5.85. The highest BCUT2D eigenvalue weighted by Gasteiger charge is 2.70. The van der Waals surface area contributed by atoms with Crippen molar-refractivity contribution in [3.8, 4) is 0 Å². The number of esters is 1. The lowest BCUT2D eigenvalue weighted by Crippen LogP contribution is -2.67. The van der Waals surface area contributed by atoms with Gasteiger partial charge in [-0.2, -0.15) is 0 Å². The molecule has 0 heterocycles. The Hall–Kier alpha value is -1.16. The Morgan fingerprint density at radius 3 is 2.22 bits per heavy atom. The average Bonchev–Trinajstić information content (AvgIpc) is 2.82. The van der Waals surface area contributed by atoms with Gasteiger partial charge in [0, 0.05) is 24.9 Å². The Kier molecular flexibility index (Phi) is 5.83. The lowest BCUT2D eigenvalue weighted by Gasteiger charge is -2.71. The van der Waals surface area contributed by atoms with Crippen LogP contribution >= 0.6 is 0 Å². The zero-order valence-electron chi connectivity index (χ0n) is 24.4. The largest absolute Gasteiger partial charge is 0.469 e. The highest BCUT2D eigenvalue weighted by atomic mass is 16.5. The van der Waals surface area contributed by atoms with Crippen LogP contribution in [-0.2, 0) is 19.1 Å². The van der Waals surface area contributed by atoms with Crippen molar-refractivity contribution < 1.29 is 19.1 Å². The third-order valence-corrected chi connectivity index (χ3v) is 13.5. The van der Waals surface area contributed by atoms with Crippen LogP contribution < -0.4 is 0 Å². The molecule has 0 amide bonds. The molecular formula is C32H50O4. The lowest BCUT2D eigenvalue weighted by molar-refractivity contribution is -0.210. The molecule has 0 aromatic heterocycles. The second kappa shape index (κ2) is 7.93. The molecule has 4 fully saturated rings. The van der Waals surface area contributed by atoms with Gasteiger partial charge in [0.15, 0.2) is 0 Å². The predicted octanol–water partition coefficient (Wildman–Crippen LogP) is 7.16. The van der Waals surface area contributed by atoms with E-state index in [4.69, 9.17) is 9.47 Å². The van der Waals surface area contributed by atoms with Gasteiger partial charge in [0.2, 0.25) is 0 Å². The maximum absolute atomic E-state index is 13.0. The van der Waals surface area contributed by atoms with E-state index in [9.17, 15) is 9.59 Å². The number of methoxy groups -OCH3 is 2. The Labute approximate surface area is 219 Å². The van der Waals surface area contributed by atoms with Crippen molar-refractivity contribution in [3.05, 3.63) is 11.6 Å². The number of carbonyl (C=O) groups excluding carboxylic acids is 2. The second-order valence-corrected chi connectivity index (χ2v) is 15.3. The van der Waals surface area contributed by atoms with Gasteiger partial charge < -0.3 is 9.47 Å². The fourth-order valence-corrected chi connectivity index (χ4v) is 10.9. The van der Waals surface area contributed by atoms with E-state index >= 15 is 0 Å².